The van der Waals surface area contributed by atoms with Crippen LogP contribution in [0.15, 0.2) is 30.6 Å². The summed E-state index contributed by atoms with van der Waals surface area (Å²) in [4.78, 5) is 9.32. The number of nitrogens with zero attached hydrogens (tertiary/aromatic N) is 2. The molecule has 3 fully saturated rings. The minimum atomic E-state index is -1.14. The summed E-state index contributed by atoms with van der Waals surface area (Å²) in [5, 5.41) is 11.6. The lowest BCUT2D eigenvalue weighted by molar-refractivity contribution is -0.224. The molecule has 0 radical (unpaired) electrons. The smallest absolute Gasteiger partial charge is 0.150 e. The number of halogens is 2. The zero-order valence-corrected chi connectivity index (χ0v) is 16.7. The molecule has 1 saturated carbocycles. The van der Waals surface area contributed by atoms with Gasteiger partial charge in [-0.15, -0.1) is 0 Å². The molecule has 7 heteroatoms. The maximum Gasteiger partial charge on any atom is 0.150 e. The van der Waals surface area contributed by atoms with Gasteiger partial charge in [-0.3, -0.25) is 4.90 Å². The predicted octanol–water partition coefficient (Wildman–Crippen LogP) is 3.50. The number of aliphatic hydroxyl groups is 1. The highest BCUT2D eigenvalue weighted by atomic mass is 19.1. The second kappa shape index (κ2) is 6.09. The van der Waals surface area contributed by atoms with E-state index in [1.54, 1.807) is 12.3 Å². The van der Waals surface area contributed by atoms with Crippen molar-refractivity contribution in [1.29, 1.82) is 0 Å². The van der Waals surface area contributed by atoms with E-state index in [9.17, 15) is 9.50 Å². The van der Waals surface area contributed by atoms with Crippen LogP contribution in [0.2, 0.25) is 0 Å². The molecule has 0 atom stereocenters. The first kappa shape index (κ1) is 18.4. The van der Waals surface area contributed by atoms with E-state index in [4.69, 9.17) is 4.74 Å². The molecule has 0 amide bonds. The Balaban J connectivity index is 1.29. The van der Waals surface area contributed by atoms with Crippen molar-refractivity contribution in [2.75, 3.05) is 26.3 Å². The Morgan fingerprint density at radius 3 is 2.63 bits per heavy atom. The summed E-state index contributed by atoms with van der Waals surface area (Å²) in [5.74, 6) is -0.854. The maximum absolute atomic E-state index is 15.3. The van der Waals surface area contributed by atoms with E-state index in [0.29, 0.717) is 52.2 Å². The number of H-pyrrole nitrogens is 1. The number of likely N-dealkylation sites (tertiary alicyclic amines) is 1. The average Bonchev–Trinajstić information content (AvgIpc) is 2.98. The molecule has 1 spiro atoms. The highest BCUT2D eigenvalue weighted by Crippen LogP contribution is 2.60. The molecule has 156 valence electrons. The molecular weight excluding hydrogens is 388 g/mol. The Morgan fingerprint density at radius 2 is 1.97 bits per heavy atom. The van der Waals surface area contributed by atoms with Crippen molar-refractivity contribution in [3.05, 3.63) is 53.4 Å². The van der Waals surface area contributed by atoms with Crippen LogP contribution in [-0.2, 0) is 10.3 Å². The number of hydrogen-bond donors (Lipinski definition) is 2. The van der Waals surface area contributed by atoms with Crippen molar-refractivity contribution in [3.63, 3.8) is 0 Å². The molecule has 2 N–H and O–H groups in total. The summed E-state index contributed by atoms with van der Waals surface area (Å²) in [5.41, 5.74) is 1.61. The quantitative estimate of drug-likeness (QED) is 0.693. The van der Waals surface area contributed by atoms with Gasteiger partial charge in [0.05, 0.1) is 30.2 Å². The largest absolute Gasteiger partial charge is 0.385 e. The summed E-state index contributed by atoms with van der Waals surface area (Å²) in [6.07, 6.45) is 3.99. The molecular formula is C23H23F2N3O2. The molecule has 0 unspecified atom stereocenters. The number of hydrogen-bond acceptors (Lipinski definition) is 4. The van der Waals surface area contributed by atoms with Crippen LogP contribution in [0, 0.1) is 24.0 Å². The summed E-state index contributed by atoms with van der Waals surface area (Å²) in [6.45, 7) is 5.29. The van der Waals surface area contributed by atoms with Crippen LogP contribution in [0.5, 0.6) is 0 Å². The van der Waals surface area contributed by atoms with E-state index in [1.807, 2.05) is 13.0 Å². The van der Waals surface area contributed by atoms with Gasteiger partial charge in [0.2, 0.25) is 0 Å². The van der Waals surface area contributed by atoms with Crippen molar-refractivity contribution in [1.82, 2.24) is 14.9 Å². The van der Waals surface area contributed by atoms with E-state index < -0.39 is 17.2 Å². The molecule has 2 aliphatic heterocycles. The summed E-state index contributed by atoms with van der Waals surface area (Å²) >= 11 is 0. The topological polar surface area (TPSA) is 61.4 Å². The lowest BCUT2D eigenvalue weighted by Crippen LogP contribution is -2.71. The summed E-state index contributed by atoms with van der Waals surface area (Å²) in [7, 11) is 0. The van der Waals surface area contributed by atoms with E-state index in [-0.39, 0.29) is 5.41 Å². The fraction of sp³-hybridized carbons (Fsp3) is 0.435. The Kier molecular flexibility index (Phi) is 3.74. The molecule has 1 aromatic carbocycles. The Bertz CT molecular complexity index is 1130. The number of benzene rings is 1. The molecule has 30 heavy (non-hydrogen) atoms. The lowest BCUT2D eigenvalue weighted by atomic mass is 9.52. The molecule has 1 aliphatic carbocycles. The number of fused-ring (bicyclic) bond motifs is 1. The van der Waals surface area contributed by atoms with Crippen LogP contribution in [0.3, 0.4) is 0 Å². The third-order valence-corrected chi connectivity index (χ3v) is 7.14. The lowest BCUT2D eigenvalue weighted by Gasteiger charge is -2.65. The van der Waals surface area contributed by atoms with E-state index in [0.717, 1.165) is 26.3 Å². The maximum atomic E-state index is 15.3. The molecule has 2 saturated heterocycles. The number of ether oxygens (including phenoxy) is 1. The molecule has 0 bridgehead atoms. The van der Waals surface area contributed by atoms with Gasteiger partial charge in [-0.1, -0.05) is 6.07 Å². The van der Waals surface area contributed by atoms with Crippen molar-refractivity contribution >= 4 is 11.0 Å². The number of nitrogens with one attached hydrogen (secondary N) is 1. The SMILES string of the molecule is Cc1cc(-c2ccnc3[nH]cc(F)c23)cc(F)c1C1(O)CC2(CN(C3COC3)C2)C1. The molecule has 2 aromatic heterocycles. The number of aryl methyl sites for hydroxylation is 1. The molecule has 5 nitrogen and oxygen atoms in total. The van der Waals surface area contributed by atoms with Crippen LogP contribution in [0.4, 0.5) is 8.78 Å². The first-order valence-corrected chi connectivity index (χ1v) is 10.3. The van der Waals surface area contributed by atoms with Gasteiger partial charge in [-0.25, -0.2) is 13.8 Å². The monoisotopic (exact) mass is 411 g/mol. The van der Waals surface area contributed by atoms with Crippen molar-refractivity contribution < 1.29 is 18.6 Å². The van der Waals surface area contributed by atoms with Gasteiger partial charge in [0, 0.05) is 36.5 Å². The predicted molar refractivity (Wildman–Crippen MR) is 108 cm³/mol. The fourth-order valence-electron chi connectivity index (χ4n) is 5.84. The zero-order chi connectivity index (χ0) is 20.7. The van der Waals surface area contributed by atoms with E-state index in [2.05, 4.69) is 14.9 Å². The van der Waals surface area contributed by atoms with Crippen LogP contribution >= 0.6 is 0 Å². The Hall–Kier alpha value is -2.35. The van der Waals surface area contributed by atoms with Gasteiger partial charge >= 0.3 is 0 Å². The first-order valence-electron chi connectivity index (χ1n) is 10.3. The number of pyridine rings is 1. The molecule has 6 rings (SSSR count). The van der Waals surface area contributed by atoms with Crippen LogP contribution in [-0.4, -0.2) is 52.3 Å². The third-order valence-electron chi connectivity index (χ3n) is 7.14. The van der Waals surface area contributed by atoms with Crippen molar-refractivity contribution in [2.45, 2.75) is 31.4 Å². The van der Waals surface area contributed by atoms with Crippen LogP contribution in [0.1, 0.15) is 24.0 Å². The molecule has 4 heterocycles. The number of aromatic amines is 1. The minimum Gasteiger partial charge on any atom is -0.385 e. The van der Waals surface area contributed by atoms with Crippen molar-refractivity contribution in [3.8, 4) is 11.1 Å². The van der Waals surface area contributed by atoms with E-state index >= 15 is 4.39 Å². The fourth-order valence-corrected chi connectivity index (χ4v) is 5.84. The molecule has 3 aromatic rings. The van der Waals surface area contributed by atoms with Gasteiger partial charge in [-0.2, -0.15) is 0 Å². The Morgan fingerprint density at radius 1 is 1.20 bits per heavy atom. The highest BCUT2D eigenvalue weighted by Gasteiger charge is 2.62. The van der Waals surface area contributed by atoms with Gasteiger partial charge in [0.25, 0.3) is 0 Å². The van der Waals surface area contributed by atoms with Gasteiger partial charge < -0.3 is 14.8 Å². The Labute approximate surface area is 172 Å². The highest BCUT2D eigenvalue weighted by molar-refractivity contribution is 5.93. The zero-order valence-electron chi connectivity index (χ0n) is 16.7. The normalized spacial score (nSPS) is 22.7. The summed E-state index contributed by atoms with van der Waals surface area (Å²) < 4.78 is 34.8. The second-order valence-corrected chi connectivity index (χ2v) is 9.35. The van der Waals surface area contributed by atoms with Gasteiger partial charge in [0.1, 0.15) is 11.5 Å². The number of aromatic nitrogens is 2. The van der Waals surface area contributed by atoms with Gasteiger partial charge in [0.15, 0.2) is 5.82 Å². The van der Waals surface area contributed by atoms with Gasteiger partial charge in [-0.05, 0) is 48.6 Å². The third kappa shape index (κ3) is 2.52. The minimum absolute atomic E-state index is 0.0907. The second-order valence-electron chi connectivity index (χ2n) is 9.35. The average molecular weight is 411 g/mol. The van der Waals surface area contributed by atoms with E-state index in [1.165, 1.54) is 12.3 Å². The number of rotatable bonds is 3. The molecule has 3 aliphatic rings. The summed E-state index contributed by atoms with van der Waals surface area (Å²) in [6, 6.07) is 5.44. The first-order chi connectivity index (χ1) is 14.4. The van der Waals surface area contributed by atoms with Crippen LogP contribution < -0.4 is 0 Å². The van der Waals surface area contributed by atoms with Crippen molar-refractivity contribution in [2.24, 2.45) is 5.41 Å². The standard InChI is InChI=1S/C23H23F2N3O2/c1-13-4-14(16-2-3-26-21-19(16)18(25)6-27-21)5-17(24)20(13)23(29)9-22(10-23)11-28(12-22)15-7-30-8-15/h2-6,15,29H,7-12H2,1H3,(H,26,27). The van der Waals surface area contributed by atoms with Crippen LogP contribution in [0.25, 0.3) is 22.2 Å².